The first-order valence-corrected chi connectivity index (χ1v) is 5.48. The summed E-state index contributed by atoms with van der Waals surface area (Å²) in [5.41, 5.74) is 5.56. The third kappa shape index (κ3) is 4.37. The summed E-state index contributed by atoms with van der Waals surface area (Å²) in [4.78, 5) is 2.43. The highest BCUT2D eigenvalue weighted by Gasteiger charge is 2.14. The highest BCUT2D eigenvalue weighted by molar-refractivity contribution is 4.73. The van der Waals surface area contributed by atoms with Gasteiger partial charge in [-0.1, -0.05) is 0 Å². The van der Waals surface area contributed by atoms with Crippen LogP contribution in [0.2, 0.25) is 0 Å². The monoisotopic (exact) mass is 201 g/mol. The lowest BCUT2D eigenvalue weighted by Gasteiger charge is -2.30. The summed E-state index contributed by atoms with van der Waals surface area (Å²) >= 11 is 0. The molecule has 14 heavy (non-hydrogen) atoms. The van der Waals surface area contributed by atoms with Gasteiger partial charge in [0.05, 0.1) is 13.2 Å². The van der Waals surface area contributed by atoms with E-state index in [0.29, 0.717) is 18.6 Å². The van der Waals surface area contributed by atoms with Gasteiger partial charge in [0.15, 0.2) is 0 Å². The van der Waals surface area contributed by atoms with Gasteiger partial charge in [-0.2, -0.15) is 0 Å². The molecule has 2 unspecified atom stereocenters. The van der Waals surface area contributed by atoms with Gasteiger partial charge in [0.1, 0.15) is 0 Å². The number of morpholine rings is 1. The zero-order valence-corrected chi connectivity index (χ0v) is 9.33. The van der Waals surface area contributed by atoms with E-state index in [0.717, 1.165) is 32.8 Å². The van der Waals surface area contributed by atoms with Crippen molar-refractivity contribution >= 4 is 0 Å². The maximum absolute atomic E-state index is 5.56. The molecule has 0 aromatic carbocycles. The van der Waals surface area contributed by atoms with Crippen molar-refractivity contribution in [2.24, 2.45) is 5.73 Å². The Balaban J connectivity index is 2.14. The smallest absolute Gasteiger partial charge is 0.0594 e. The second kappa shape index (κ2) is 6.35. The first-order chi connectivity index (χ1) is 6.72. The minimum atomic E-state index is 0.408. The Labute approximate surface area is 86.8 Å². The van der Waals surface area contributed by atoms with Gasteiger partial charge in [0.25, 0.3) is 0 Å². The quantitative estimate of drug-likeness (QED) is 0.638. The van der Waals surface area contributed by atoms with Gasteiger partial charge in [-0.05, 0) is 13.8 Å². The zero-order chi connectivity index (χ0) is 10.4. The van der Waals surface area contributed by atoms with Crippen LogP contribution in [-0.4, -0.2) is 56.4 Å². The minimum absolute atomic E-state index is 0.408. The van der Waals surface area contributed by atoms with E-state index in [4.69, 9.17) is 10.5 Å². The van der Waals surface area contributed by atoms with Crippen molar-refractivity contribution in [3.63, 3.8) is 0 Å². The molecule has 1 aliphatic heterocycles. The number of ether oxygens (including phenoxy) is 1. The van der Waals surface area contributed by atoms with Crippen LogP contribution in [0.4, 0.5) is 0 Å². The largest absolute Gasteiger partial charge is 0.379 e. The number of nitrogens with one attached hydrogen (secondary N) is 1. The van der Waals surface area contributed by atoms with Crippen molar-refractivity contribution in [2.45, 2.75) is 25.9 Å². The topological polar surface area (TPSA) is 50.5 Å². The van der Waals surface area contributed by atoms with E-state index in [2.05, 4.69) is 24.1 Å². The Morgan fingerprint density at radius 2 is 1.93 bits per heavy atom. The molecule has 1 rings (SSSR count). The Hall–Kier alpha value is -0.160. The van der Waals surface area contributed by atoms with Crippen LogP contribution in [0.25, 0.3) is 0 Å². The van der Waals surface area contributed by atoms with Crippen LogP contribution in [0.15, 0.2) is 0 Å². The van der Waals surface area contributed by atoms with Crippen LogP contribution >= 0.6 is 0 Å². The summed E-state index contributed by atoms with van der Waals surface area (Å²) in [6.45, 7) is 9.99. The standard InChI is InChI=1S/C10H23N3O/c1-9(7-11)12-10(2)8-13-3-5-14-6-4-13/h9-10,12H,3-8,11H2,1-2H3. The van der Waals surface area contributed by atoms with Gasteiger partial charge in [0, 0.05) is 38.3 Å². The Bertz CT molecular complexity index is 148. The molecule has 1 saturated heterocycles. The molecule has 4 nitrogen and oxygen atoms in total. The van der Waals surface area contributed by atoms with Crippen LogP contribution in [0.5, 0.6) is 0 Å². The van der Waals surface area contributed by atoms with Gasteiger partial charge < -0.3 is 15.8 Å². The summed E-state index contributed by atoms with van der Waals surface area (Å²) in [5.74, 6) is 0. The van der Waals surface area contributed by atoms with Crippen molar-refractivity contribution in [1.82, 2.24) is 10.2 Å². The SMILES string of the molecule is CC(CN)NC(C)CN1CCOCC1. The molecule has 1 heterocycles. The molecule has 1 fully saturated rings. The fourth-order valence-electron chi connectivity index (χ4n) is 1.78. The Morgan fingerprint density at radius 3 is 2.50 bits per heavy atom. The summed E-state index contributed by atoms with van der Waals surface area (Å²) in [7, 11) is 0. The molecule has 0 aromatic rings. The van der Waals surface area contributed by atoms with Gasteiger partial charge in [-0.15, -0.1) is 0 Å². The molecule has 0 saturated carbocycles. The van der Waals surface area contributed by atoms with E-state index in [1.54, 1.807) is 0 Å². The van der Waals surface area contributed by atoms with Crippen molar-refractivity contribution in [1.29, 1.82) is 0 Å². The van der Waals surface area contributed by atoms with Gasteiger partial charge in [0.2, 0.25) is 0 Å². The summed E-state index contributed by atoms with van der Waals surface area (Å²) in [6.07, 6.45) is 0. The second-order valence-corrected chi connectivity index (χ2v) is 4.12. The first kappa shape index (κ1) is 11.9. The summed E-state index contributed by atoms with van der Waals surface area (Å²) < 4.78 is 5.30. The van der Waals surface area contributed by atoms with Gasteiger partial charge in [-0.3, -0.25) is 4.90 Å². The third-order valence-electron chi connectivity index (χ3n) is 2.56. The van der Waals surface area contributed by atoms with Crippen molar-refractivity contribution in [3.05, 3.63) is 0 Å². The Kier molecular flexibility index (Phi) is 5.40. The summed E-state index contributed by atoms with van der Waals surface area (Å²) in [6, 6.07) is 0.915. The van der Waals surface area contributed by atoms with Crippen LogP contribution in [0.1, 0.15) is 13.8 Å². The average Bonchev–Trinajstić information content (AvgIpc) is 2.19. The van der Waals surface area contributed by atoms with Crippen LogP contribution in [-0.2, 0) is 4.74 Å². The highest BCUT2D eigenvalue weighted by atomic mass is 16.5. The fraction of sp³-hybridized carbons (Fsp3) is 1.00. The number of nitrogens with zero attached hydrogens (tertiary/aromatic N) is 1. The van der Waals surface area contributed by atoms with E-state index >= 15 is 0 Å². The molecule has 1 aliphatic rings. The zero-order valence-electron chi connectivity index (χ0n) is 9.33. The maximum atomic E-state index is 5.56. The van der Waals surface area contributed by atoms with E-state index < -0.39 is 0 Å². The van der Waals surface area contributed by atoms with Gasteiger partial charge in [-0.25, -0.2) is 0 Å². The predicted molar refractivity (Wildman–Crippen MR) is 58.4 cm³/mol. The number of hydrogen-bond donors (Lipinski definition) is 2. The molecule has 0 spiro atoms. The molecule has 0 radical (unpaired) electrons. The lowest BCUT2D eigenvalue weighted by Crippen LogP contribution is -2.48. The lowest BCUT2D eigenvalue weighted by atomic mass is 10.2. The molecule has 3 N–H and O–H groups in total. The molecule has 4 heteroatoms. The predicted octanol–water partition coefficient (Wildman–Crippen LogP) is -0.356. The number of rotatable bonds is 5. The van der Waals surface area contributed by atoms with E-state index in [-0.39, 0.29) is 0 Å². The van der Waals surface area contributed by atoms with Crippen LogP contribution < -0.4 is 11.1 Å². The summed E-state index contributed by atoms with van der Waals surface area (Å²) in [5, 5.41) is 3.47. The van der Waals surface area contributed by atoms with Crippen molar-refractivity contribution in [3.8, 4) is 0 Å². The van der Waals surface area contributed by atoms with Gasteiger partial charge >= 0.3 is 0 Å². The molecular formula is C10H23N3O. The minimum Gasteiger partial charge on any atom is -0.379 e. The van der Waals surface area contributed by atoms with E-state index in [1.165, 1.54) is 0 Å². The molecule has 2 atom stereocenters. The van der Waals surface area contributed by atoms with Crippen molar-refractivity contribution < 1.29 is 4.74 Å². The lowest BCUT2D eigenvalue weighted by molar-refractivity contribution is 0.0340. The highest BCUT2D eigenvalue weighted by Crippen LogP contribution is 1.98. The first-order valence-electron chi connectivity index (χ1n) is 5.48. The van der Waals surface area contributed by atoms with Crippen LogP contribution in [0, 0.1) is 0 Å². The van der Waals surface area contributed by atoms with E-state index in [9.17, 15) is 0 Å². The maximum Gasteiger partial charge on any atom is 0.0594 e. The molecule has 0 aliphatic carbocycles. The number of nitrogens with two attached hydrogens (primary N) is 1. The molecule has 0 bridgehead atoms. The normalized spacial score (nSPS) is 23.4. The molecule has 0 aromatic heterocycles. The molecule has 0 amide bonds. The molecular weight excluding hydrogens is 178 g/mol. The van der Waals surface area contributed by atoms with Crippen LogP contribution in [0.3, 0.4) is 0 Å². The Morgan fingerprint density at radius 1 is 1.29 bits per heavy atom. The second-order valence-electron chi connectivity index (χ2n) is 4.12. The average molecular weight is 201 g/mol. The molecule has 84 valence electrons. The third-order valence-corrected chi connectivity index (χ3v) is 2.56. The van der Waals surface area contributed by atoms with E-state index in [1.807, 2.05) is 0 Å². The number of hydrogen-bond acceptors (Lipinski definition) is 4. The fourth-order valence-corrected chi connectivity index (χ4v) is 1.78. The van der Waals surface area contributed by atoms with Crippen molar-refractivity contribution in [2.75, 3.05) is 39.4 Å².